The number of hydrogen-bond donors (Lipinski definition) is 2. The molecule has 0 unspecified atom stereocenters. The average Bonchev–Trinajstić information content (AvgIpc) is 2.90. The monoisotopic (exact) mass is 294 g/mol. The minimum absolute atomic E-state index is 0.00161. The number of aromatic amines is 1. The molecule has 2 aromatic rings. The van der Waals surface area contributed by atoms with Crippen molar-refractivity contribution >= 4 is 17.4 Å². The molecule has 7 heteroatoms. The number of hydrogen-bond acceptors (Lipinski definition) is 3. The van der Waals surface area contributed by atoms with Crippen molar-refractivity contribution in [1.82, 2.24) is 4.98 Å². The number of aromatic nitrogens is 1. The Bertz CT molecular complexity index is 650. The Morgan fingerprint density at radius 1 is 1.24 bits per heavy atom. The molecule has 0 aliphatic rings. The van der Waals surface area contributed by atoms with Gasteiger partial charge in [0.2, 0.25) is 0 Å². The number of amides is 1. The predicted molar refractivity (Wildman–Crippen MR) is 71.8 cm³/mol. The molecule has 0 bridgehead atoms. The fraction of sp³-hybridized carbons (Fsp3) is 0.143. The summed E-state index contributed by atoms with van der Waals surface area (Å²) in [5.41, 5.74) is 1.05. The number of anilines is 1. The second kappa shape index (κ2) is 6.17. The summed E-state index contributed by atoms with van der Waals surface area (Å²) < 4.78 is 28.2. The first-order chi connectivity index (χ1) is 9.95. The van der Waals surface area contributed by atoms with Crippen LogP contribution in [-0.4, -0.2) is 23.3 Å². The maximum atomic E-state index is 12.0. The van der Waals surface area contributed by atoms with Gasteiger partial charge in [-0.15, -0.1) is 0 Å². The van der Waals surface area contributed by atoms with E-state index in [-0.39, 0.29) is 17.2 Å². The quantitative estimate of drug-likeness (QED) is 0.832. The lowest BCUT2D eigenvalue weighted by Gasteiger charge is -2.06. The Morgan fingerprint density at radius 3 is 2.43 bits per heavy atom. The number of ether oxygens (including phenoxy) is 1. The van der Waals surface area contributed by atoms with E-state index in [2.05, 4.69) is 15.0 Å². The van der Waals surface area contributed by atoms with Crippen LogP contribution in [0.25, 0.3) is 0 Å². The van der Waals surface area contributed by atoms with Crippen LogP contribution in [0, 0.1) is 0 Å². The van der Waals surface area contributed by atoms with Crippen LogP contribution in [0.4, 0.5) is 14.5 Å². The third-order valence-electron chi connectivity index (χ3n) is 2.67. The van der Waals surface area contributed by atoms with Gasteiger partial charge in [0.25, 0.3) is 5.91 Å². The summed E-state index contributed by atoms with van der Waals surface area (Å²) in [6, 6.07) is 6.94. The molecule has 21 heavy (non-hydrogen) atoms. The number of rotatable bonds is 5. The molecule has 110 valence electrons. The highest BCUT2D eigenvalue weighted by Gasteiger charge is 2.11. The molecule has 1 aromatic carbocycles. The molecule has 0 aliphatic carbocycles. The maximum absolute atomic E-state index is 12.0. The third-order valence-corrected chi connectivity index (χ3v) is 2.67. The molecule has 1 amide bonds. The molecule has 5 nitrogen and oxygen atoms in total. The minimum atomic E-state index is -2.89. The first kappa shape index (κ1) is 14.7. The molecular weight excluding hydrogens is 282 g/mol. The molecule has 2 N–H and O–H groups in total. The Morgan fingerprint density at radius 2 is 1.90 bits per heavy atom. The van der Waals surface area contributed by atoms with E-state index in [0.717, 1.165) is 0 Å². The molecule has 0 fully saturated rings. The van der Waals surface area contributed by atoms with Gasteiger partial charge in [0.1, 0.15) is 11.4 Å². The molecule has 2 rings (SSSR count). The van der Waals surface area contributed by atoms with Crippen LogP contribution in [0.5, 0.6) is 5.75 Å². The summed E-state index contributed by atoms with van der Waals surface area (Å²) in [7, 11) is 0. The van der Waals surface area contributed by atoms with Crippen molar-refractivity contribution in [3.05, 3.63) is 47.8 Å². The van der Waals surface area contributed by atoms with Gasteiger partial charge >= 0.3 is 6.61 Å². The SMILES string of the molecule is CC(=O)c1c[nH]c(C(=O)Nc2ccc(OC(F)F)cc2)c1. The zero-order valence-electron chi connectivity index (χ0n) is 11.0. The smallest absolute Gasteiger partial charge is 0.387 e. The highest BCUT2D eigenvalue weighted by Crippen LogP contribution is 2.18. The molecular formula is C14H12F2N2O3. The highest BCUT2D eigenvalue weighted by molar-refractivity contribution is 6.05. The number of benzene rings is 1. The molecule has 0 spiro atoms. The van der Waals surface area contributed by atoms with Gasteiger partial charge in [-0.2, -0.15) is 8.78 Å². The van der Waals surface area contributed by atoms with Crippen LogP contribution in [0.3, 0.4) is 0 Å². The number of alkyl halides is 2. The second-order valence-corrected chi connectivity index (χ2v) is 4.22. The topological polar surface area (TPSA) is 71.2 Å². The van der Waals surface area contributed by atoms with E-state index >= 15 is 0 Å². The van der Waals surface area contributed by atoms with Gasteiger partial charge in [0.05, 0.1) is 0 Å². The third kappa shape index (κ3) is 3.88. The Labute approximate surface area is 118 Å². The van der Waals surface area contributed by atoms with Gasteiger partial charge in [-0.3, -0.25) is 9.59 Å². The van der Waals surface area contributed by atoms with E-state index in [1.165, 1.54) is 43.5 Å². The van der Waals surface area contributed by atoms with Gasteiger partial charge in [-0.05, 0) is 37.3 Å². The van der Waals surface area contributed by atoms with E-state index in [1.807, 2.05) is 0 Å². The van der Waals surface area contributed by atoms with Crippen molar-refractivity contribution < 1.29 is 23.1 Å². The van der Waals surface area contributed by atoms with E-state index in [1.54, 1.807) is 0 Å². The number of nitrogens with one attached hydrogen (secondary N) is 2. The maximum Gasteiger partial charge on any atom is 0.387 e. The first-order valence-corrected chi connectivity index (χ1v) is 6.01. The fourth-order valence-corrected chi connectivity index (χ4v) is 1.65. The summed E-state index contributed by atoms with van der Waals surface area (Å²) in [6.07, 6.45) is 1.44. The molecule has 0 saturated heterocycles. The number of carbonyl (C=O) groups excluding carboxylic acids is 2. The fourth-order valence-electron chi connectivity index (χ4n) is 1.65. The van der Waals surface area contributed by atoms with Crippen LogP contribution in [0.15, 0.2) is 36.5 Å². The minimum Gasteiger partial charge on any atom is -0.435 e. The standard InChI is InChI=1S/C14H12F2N2O3/c1-8(19)9-6-12(17-7-9)13(20)18-10-2-4-11(5-3-10)21-14(15)16/h2-7,14,17H,1H3,(H,18,20). The van der Waals surface area contributed by atoms with E-state index in [0.29, 0.717) is 11.3 Å². The van der Waals surface area contributed by atoms with Crippen LogP contribution >= 0.6 is 0 Å². The van der Waals surface area contributed by atoms with Gasteiger partial charge in [-0.1, -0.05) is 0 Å². The number of H-pyrrole nitrogens is 1. The Hall–Kier alpha value is -2.70. The van der Waals surface area contributed by atoms with Crippen molar-refractivity contribution in [3.63, 3.8) is 0 Å². The van der Waals surface area contributed by atoms with Gasteiger partial charge in [-0.25, -0.2) is 0 Å². The molecule has 1 heterocycles. The molecule has 0 aliphatic heterocycles. The summed E-state index contributed by atoms with van der Waals surface area (Å²) in [5, 5.41) is 2.57. The van der Waals surface area contributed by atoms with Crippen molar-refractivity contribution in [2.24, 2.45) is 0 Å². The predicted octanol–water partition coefficient (Wildman–Crippen LogP) is 3.07. The summed E-state index contributed by atoms with van der Waals surface area (Å²) in [4.78, 5) is 25.7. The average molecular weight is 294 g/mol. The Kier molecular flexibility index (Phi) is 4.32. The zero-order chi connectivity index (χ0) is 15.4. The number of carbonyl (C=O) groups is 2. The van der Waals surface area contributed by atoms with Crippen LogP contribution < -0.4 is 10.1 Å². The lowest BCUT2D eigenvalue weighted by molar-refractivity contribution is -0.0498. The second-order valence-electron chi connectivity index (χ2n) is 4.22. The van der Waals surface area contributed by atoms with Crippen molar-refractivity contribution in [3.8, 4) is 5.75 Å². The van der Waals surface area contributed by atoms with Gasteiger partial charge in [0, 0.05) is 17.4 Å². The van der Waals surface area contributed by atoms with E-state index < -0.39 is 12.5 Å². The first-order valence-electron chi connectivity index (χ1n) is 6.01. The highest BCUT2D eigenvalue weighted by atomic mass is 19.3. The van der Waals surface area contributed by atoms with Crippen molar-refractivity contribution in [1.29, 1.82) is 0 Å². The molecule has 0 saturated carbocycles. The van der Waals surface area contributed by atoms with E-state index in [9.17, 15) is 18.4 Å². The zero-order valence-corrected chi connectivity index (χ0v) is 11.0. The summed E-state index contributed by atoms with van der Waals surface area (Å²) >= 11 is 0. The van der Waals surface area contributed by atoms with Crippen LogP contribution in [0.2, 0.25) is 0 Å². The summed E-state index contributed by atoms with van der Waals surface area (Å²) in [5.74, 6) is -0.592. The largest absolute Gasteiger partial charge is 0.435 e. The van der Waals surface area contributed by atoms with E-state index in [4.69, 9.17) is 0 Å². The lowest BCUT2D eigenvalue weighted by Crippen LogP contribution is -2.12. The molecule has 0 atom stereocenters. The Balaban J connectivity index is 2.03. The lowest BCUT2D eigenvalue weighted by atomic mass is 10.2. The van der Waals surface area contributed by atoms with Crippen molar-refractivity contribution in [2.45, 2.75) is 13.5 Å². The van der Waals surface area contributed by atoms with Gasteiger partial charge < -0.3 is 15.0 Å². The number of Topliss-reactive ketones (excluding diaryl/α,β-unsaturated/α-hetero) is 1. The summed E-state index contributed by atoms with van der Waals surface area (Å²) in [6.45, 7) is -1.50. The van der Waals surface area contributed by atoms with Crippen LogP contribution in [0.1, 0.15) is 27.8 Å². The number of ketones is 1. The number of halogens is 2. The van der Waals surface area contributed by atoms with Crippen molar-refractivity contribution in [2.75, 3.05) is 5.32 Å². The normalized spacial score (nSPS) is 10.5. The molecule has 1 aromatic heterocycles. The van der Waals surface area contributed by atoms with Crippen LogP contribution in [-0.2, 0) is 0 Å². The molecule has 0 radical (unpaired) electrons. The van der Waals surface area contributed by atoms with Gasteiger partial charge in [0.15, 0.2) is 5.78 Å².